The Morgan fingerprint density at radius 3 is 2.15 bits per heavy atom. The summed E-state index contributed by atoms with van der Waals surface area (Å²) in [6, 6.07) is 25.7. The van der Waals surface area contributed by atoms with Gasteiger partial charge < -0.3 is 4.74 Å². The van der Waals surface area contributed by atoms with Crippen molar-refractivity contribution in [2.75, 3.05) is 7.11 Å². The monoisotopic (exact) mass is 456 g/mol. The fourth-order valence-electron chi connectivity index (χ4n) is 4.57. The molecule has 1 nitrogen and oxygen atoms in total. The number of ether oxygens (including phenoxy) is 1. The number of benzene rings is 4. The summed E-state index contributed by atoms with van der Waals surface area (Å²) >= 11 is 0. The van der Waals surface area contributed by atoms with Gasteiger partial charge in [-0.2, -0.15) is 4.39 Å². The minimum absolute atomic E-state index is 0.0925. The normalized spacial score (nSPS) is 11.0. The summed E-state index contributed by atoms with van der Waals surface area (Å²) in [5.74, 6) is -1.93. The number of methoxy groups -OCH3 is 1. The Bertz CT molecular complexity index is 1280. The van der Waals surface area contributed by atoms with Crippen molar-refractivity contribution in [3.63, 3.8) is 0 Å². The average Bonchev–Trinajstić information content (AvgIpc) is 2.86. The molecule has 0 bridgehead atoms. The first-order chi connectivity index (χ1) is 16.5. The molecule has 0 saturated heterocycles. The van der Waals surface area contributed by atoms with Crippen LogP contribution in [-0.4, -0.2) is 7.11 Å². The zero-order valence-electron chi connectivity index (χ0n) is 20.0. The molecule has 0 aromatic heterocycles. The van der Waals surface area contributed by atoms with E-state index in [2.05, 4.69) is 37.3 Å². The lowest BCUT2D eigenvalue weighted by Gasteiger charge is -2.21. The van der Waals surface area contributed by atoms with Crippen LogP contribution in [0.2, 0.25) is 0 Å². The predicted octanol–water partition coefficient (Wildman–Crippen LogP) is 9.02. The van der Waals surface area contributed by atoms with Gasteiger partial charge >= 0.3 is 0 Å². The minimum Gasteiger partial charge on any atom is -0.494 e. The van der Waals surface area contributed by atoms with Crippen molar-refractivity contribution in [3.8, 4) is 39.1 Å². The van der Waals surface area contributed by atoms with Gasteiger partial charge in [0.15, 0.2) is 11.6 Å². The van der Waals surface area contributed by atoms with Crippen LogP contribution >= 0.6 is 0 Å². The molecular formula is C31H30F2O. The van der Waals surface area contributed by atoms with Gasteiger partial charge in [-0.3, -0.25) is 0 Å². The van der Waals surface area contributed by atoms with Gasteiger partial charge in [0.05, 0.1) is 7.11 Å². The predicted molar refractivity (Wildman–Crippen MR) is 137 cm³/mol. The molecule has 0 amide bonds. The third-order valence-corrected chi connectivity index (χ3v) is 6.27. The van der Waals surface area contributed by atoms with Gasteiger partial charge in [-0.1, -0.05) is 92.1 Å². The molecule has 0 spiro atoms. The highest BCUT2D eigenvalue weighted by Gasteiger charge is 2.23. The molecule has 0 unspecified atom stereocenters. The van der Waals surface area contributed by atoms with E-state index in [1.54, 1.807) is 6.07 Å². The fourth-order valence-corrected chi connectivity index (χ4v) is 4.57. The standard InChI is InChI=1S/C31H30F2O/c1-4-5-7-14-23-16-17-25(22-12-8-6-9-13-22)29(24-15-10-11-21(2)20-24)28(23)26-18-19-27(34-3)31(33)30(26)32/h6,8-13,15-20H,4-5,7,14H2,1-3H3. The molecular weight excluding hydrogens is 426 g/mol. The highest BCUT2D eigenvalue weighted by Crippen LogP contribution is 2.44. The summed E-state index contributed by atoms with van der Waals surface area (Å²) in [4.78, 5) is 0. The number of aryl methyl sites for hydroxylation is 2. The van der Waals surface area contributed by atoms with Crippen LogP contribution in [0.5, 0.6) is 5.75 Å². The Balaban J connectivity index is 2.08. The third kappa shape index (κ3) is 4.75. The van der Waals surface area contributed by atoms with Crippen molar-refractivity contribution in [1.82, 2.24) is 0 Å². The van der Waals surface area contributed by atoms with E-state index in [1.165, 1.54) is 13.2 Å². The molecule has 34 heavy (non-hydrogen) atoms. The Morgan fingerprint density at radius 1 is 0.706 bits per heavy atom. The Hall–Kier alpha value is -3.46. The zero-order chi connectivity index (χ0) is 24.1. The van der Waals surface area contributed by atoms with E-state index in [0.717, 1.165) is 64.6 Å². The first kappa shape index (κ1) is 23.7. The molecule has 0 saturated carbocycles. The number of rotatable bonds is 8. The topological polar surface area (TPSA) is 9.23 Å². The van der Waals surface area contributed by atoms with Crippen LogP contribution in [0.1, 0.15) is 37.3 Å². The summed E-state index contributed by atoms with van der Waals surface area (Å²) < 4.78 is 35.5. The quantitative estimate of drug-likeness (QED) is 0.240. The molecule has 0 heterocycles. The minimum atomic E-state index is -0.959. The molecule has 0 atom stereocenters. The lowest BCUT2D eigenvalue weighted by Crippen LogP contribution is -2.01. The van der Waals surface area contributed by atoms with Crippen LogP contribution in [0, 0.1) is 18.6 Å². The van der Waals surface area contributed by atoms with Crippen LogP contribution in [0.15, 0.2) is 78.9 Å². The van der Waals surface area contributed by atoms with Crippen LogP contribution in [0.25, 0.3) is 33.4 Å². The van der Waals surface area contributed by atoms with Gasteiger partial charge in [-0.25, -0.2) is 4.39 Å². The summed E-state index contributed by atoms with van der Waals surface area (Å²) in [6.45, 7) is 4.21. The molecule has 4 rings (SSSR count). The molecule has 0 radical (unpaired) electrons. The van der Waals surface area contributed by atoms with Crippen LogP contribution < -0.4 is 4.74 Å². The lowest BCUT2D eigenvalue weighted by atomic mass is 9.83. The first-order valence-corrected chi connectivity index (χ1v) is 11.9. The summed E-state index contributed by atoms with van der Waals surface area (Å²) in [5, 5.41) is 0. The fraction of sp³-hybridized carbons (Fsp3) is 0.226. The summed E-state index contributed by atoms with van der Waals surface area (Å²) in [5.41, 5.74) is 7.09. The van der Waals surface area contributed by atoms with Crippen molar-refractivity contribution >= 4 is 0 Å². The van der Waals surface area contributed by atoms with Crippen molar-refractivity contribution < 1.29 is 13.5 Å². The van der Waals surface area contributed by atoms with Crippen molar-refractivity contribution in [2.45, 2.75) is 39.5 Å². The SMILES string of the molecule is CCCCCc1ccc(-c2ccccc2)c(-c2cccc(C)c2)c1-c1ccc(OC)c(F)c1F. The van der Waals surface area contributed by atoms with Gasteiger partial charge in [0.25, 0.3) is 0 Å². The highest BCUT2D eigenvalue weighted by atomic mass is 19.2. The molecule has 0 fully saturated rings. The van der Waals surface area contributed by atoms with E-state index in [4.69, 9.17) is 4.74 Å². The second-order valence-electron chi connectivity index (χ2n) is 8.66. The van der Waals surface area contributed by atoms with Crippen molar-refractivity contribution in [3.05, 3.63) is 102 Å². The van der Waals surface area contributed by atoms with E-state index < -0.39 is 11.6 Å². The first-order valence-electron chi connectivity index (χ1n) is 11.9. The number of hydrogen-bond acceptors (Lipinski definition) is 1. The maximum absolute atomic E-state index is 15.6. The molecule has 0 aliphatic rings. The highest BCUT2D eigenvalue weighted by molar-refractivity contribution is 5.96. The average molecular weight is 457 g/mol. The van der Waals surface area contributed by atoms with Crippen LogP contribution in [0.4, 0.5) is 8.78 Å². The Labute approximate surface area is 201 Å². The maximum atomic E-state index is 15.6. The molecule has 174 valence electrons. The largest absolute Gasteiger partial charge is 0.494 e. The second-order valence-corrected chi connectivity index (χ2v) is 8.66. The lowest BCUT2D eigenvalue weighted by molar-refractivity contribution is 0.372. The van der Waals surface area contributed by atoms with Gasteiger partial charge in [-0.15, -0.1) is 0 Å². The molecule has 4 aromatic carbocycles. The van der Waals surface area contributed by atoms with Crippen LogP contribution in [-0.2, 0) is 6.42 Å². The van der Waals surface area contributed by atoms with E-state index in [9.17, 15) is 4.39 Å². The van der Waals surface area contributed by atoms with Gasteiger partial charge in [0.2, 0.25) is 5.82 Å². The van der Waals surface area contributed by atoms with E-state index in [-0.39, 0.29) is 11.3 Å². The van der Waals surface area contributed by atoms with Crippen molar-refractivity contribution in [1.29, 1.82) is 0 Å². The molecule has 3 heteroatoms. The van der Waals surface area contributed by atoms with Gasteiger partial charge in [0.1, 0.15) is 0 Å². The third-order valence-electron chi connectivity index (χ3n) is 6.27. The smallest absolute Gasteiger partial charge is 0.201 e. The van der Waals surface area contributed by atoms with Crippen molar-refractivity contribution in [2.24, 2.45) is 0 Å². The van der Waals surface area contributed by atoms with Gasteiger partial charge in [0, 0.05) is 5.56 Å². The van der Waals surface area contributed by atoms with E-state index in [1.807, 2.05) is 43.3 Å². The van der Waals surface area contributed by atoms with Crippen LogP contribution in [0.3, 0.4) is 0 Å². The van der Waals surface area contributed by atoms with Gasteiger partial charge in [-0.05, 0) is 65.3 Å². The second kappa shape index (κ2) is 10.6. The zero-order valence-corrected chi connectivity index (χ0v) is 20.0. The Kier molecular flexibility index (Phi) is 7.42. The number of unbranched alkanes of at least 4 members (excludes halogenated alkanes) is 2. The van der Waals surface area contributed by atoms with E-state index in [0.29, 0.717) is 0 Å². The maximum Gasteiger partial charge on any atom is 0.201 e. The Morgan fingerprint density at radius 2 is 1.44 bits per heavy atom. The molecule has 0 aliphatic heterocycles. The van der Waals surface area contributed by atoms with E-state index >= 15 is 4.39 Å². The number of hydrogen-bond donors (Lipinski definition) is 0. The summed E-state index contributed by atoms with van der Waals surface area (Å²) in [6.07, 6.45) is 3.96. The molecule has 0 N–H and O–H groups in total. The molecule has 4 aromatic rings. The summed E-state index contributed by atoms with van der Waals surface area (Å²) in [7, 11) is 1.35. The molecule has 0 aliphatic carbocycles. The number of halogens is 2.